The van der Waals surface area contributed by atoms with E-state index in [0.717, 1.165) is 17.0 Å². The Morgan fingerprint density at radius 3 is 2.76 bits per heavy atom. The van der Waals surface area contributed by atoms with E-state index in [9.17, 15) is 27.6 Å². The van der Waals surface area contributed by atoms with Gasteiger partial charge in [0.1, 0.15) is 6.29 Å². The third-order valence-electron chi connectivity index (χ3n) is 5.43. The van der Waals surface area contributed by atoms with Crippen LogP contribution in [0, 0.1) is 17.2 Å². The number of allylic oxidation sites excluding steroid dienone is 4. The first-order chi connectivity index (χ1) is 15.7. The molecule has 1 aliphatic heterocycles. The summed E-state index contributed by atoms with van der Waals surface area (Å²) in [7, 11) is 0. The summed E-state index contributed by atoms with van der Waals surface area (Å²) in [6.45, 7) is 1.56. The Labute approximate surface area is 188 Å². The van der Waals surface area contributed by atoms with Gasteiger partial charge in [-0.2, -0.15) is 18.4 Å². The Kier molecular flexibility index (Phi) is 7.01. The van der Waals surface area contributed by atoms with Gasteiger partial charge in [0.25, 0.3) is 5.91 Å². The Morgan fingerprint density at radius 1 is 1.39 bits per heavy atom. The predicted molar refractivity (Wildman–Crippen MR) is 114 cm³/mol. The molecule has 172 valence electrons. The average Bonchev–Trinajstić information content (AvgIpc) is 2.78. The Hall–Kier alpha value is -3.87. The molecule has 0 aromatic heterocycles. The van der Waals surface area contributed by atoms with Gasteiger partial charge in [-0.05, 0) is 37.6 Å². The highest BCUT2D eigenvalue weighted by Crippen LogP contribution is 2.35. The van der Waals surface area contributed by atoms with E-state index in [2.05, 4.69) is 10.6 Å². The number of alkyl halides is 3. The van der Waals surface area contributed by atoms with Crippen LogP contribution in [0.1, 0.15) is 25.3 Å². The number of nitriles is 1. The SMILES string of the molecule is CC1=C(C(=O)NCCC=O)[C@@H](C2C=CC(C#N)=CC2)NC(=O)N1c1cccc(C(F)(F)F)c1. The first kappa shape index (κ1) is 23.8. The Bertz CT molecular complexity index is 1100. The summed E-state index contributed by atoms with van der Waals surface area (Å²) in [5, 5.41) is 14.4. The summed E-state index contributed by atoms with van der Waals surface area (Å²) < 4.78 is 39.6. The zero-order valence-electron chi connectivity index (χ0n) is 17.6. The van der Waals surface area contributed by atoms with Gasteiger partial charge >= 0.3 is 12.2 Å². The van der Waals surface area contributed by atoms with Crippen molar-refractivity contribution in [2.75, 3.05) is 11.4 Å². The second kappa shape index (κ2) is 9.73. The molecule has 3 amide bonds. The molecule has 0 spiro atoms. The number of urea groups is 1. The predicted octanol–water partition coefficient (Wildman–Crippen LogP) is 3.61. The highest BCUT2D eigenvalue weighted by atomic mass is 19.4. The second-order valence-corrected chi connectivity index (χ2v) is 7.55. The van der Waals surface area contributed by atoms with Crippen molar-refractivity contribution >= 4 is 23.9 Å². The summed E-state index contributed by atoms with van der Waals surface area (Å²) >= 11 is 0. The summed E-state index contributed by atoms with van der Waals surface area (Å²) in [6, 6.07) is 4.84. The molecule has 1 aromatic rings. The quantitative estimate of drug-likeness (QED) is 0.502. The third-order valence-corrected chi connectivity index (χ3v) is 5.43. The van der Waals surface area contributed by atoms with Crippen LogP contribution in [0.3, 0.4) is 0 Å². The smallest absolute Gasteiger partial charge is 0.352 e. The molecule has 2 N–H and O–H groups in total. The number of nitrogens with one attached hydrogen (secondary N) is 2. The minimum atomic E-state index is -4.60. The molecule has 7 nitrogen and oxygen atoms in total. The maximum Gasteiger partial charge on any atom is 0.416 e. The number of halogens is 3. The van der Waals surface area contributed by atoms with Crippen LogP contribution < -0.4 is 15.5 Å². The minimum Gasteiger partial charge on any atom is -0.352 e. The lowest BCUT2D eigenvalue weighted by molar-refractivity contribution is -0.137. The van der Waals surface area contributed by atoms with E-state index in [-0.39, 0.29) is 35.8 Å². The molecule has 0 radical (unpaired) electrons. The van der Waals surface area contributed by atoms with Gasteiger partial charge in [0.2, 0.25) is 0 Å². The van der Waals surface area contributed by atoms with E-state index in [0.29, 0.717) is 18.3 Å². The molecule has 0 bridgehead atoms. The number of carbonyl (C=O) groups excluding carboxylic acids is 3. The number of anilines is 1. The van der Waals surface area contributed by atoms with Gasteiger partial charge in [-0.1, -0.05) is 18.2 Å². The fourth-order valence-corrected chi connectivity index (χ4v) is 3.83. The largest absolute Gasteiger partial charge is 0.416 e. The number of nitrogens with zero attached hydrogens (tertiary/aromatic N) is 2. The molecular weight excluding hydrogens is 437 g/mol. The Balaban J connectivity index is 2.04. The number of aldehydes is 1. The van der Waals surface area contributed by atoms with Crippen molar-refractivity contribution in [1.82, 2.24) is 10.6 Å². The number of amides is 3. The number of hydrogen-bond acceptors (Lipinski definition) is 4. The summed E-state index contributed by atoms with van der Waals surface area (Å²) in [5.74, 6) is -0.892. The molecule has 0 saturated heterocycles. The average molecular weight is 458 g/mol. The lowest BCUT2D eigenvalue weighted by Gasteiger charge is -2.38. The maximum atomic E-state index is 13.2. The zero-order chi connectivity index (χ0) is 24.2. The van der Waals surface area contributed by atoms with Crippen LogP contribution in [-0.2, 0) is 15.8 Å². The van der Waals surface area contributed by atoms with Crippen LogP contribution in [0.15, 0.2) is 59.3 Å². The molecule has 0 saturated carbocycles. The van der Waals surface area contributed by atoms with Gasteiger partial charge < -0.3 is 15.4 Å². The topological polar surface area (TPSA) is 102 Å². The van der Waals surface area contributed by atoms with Crippen molar-refractivity contribution < 1.29 is 27.6 Å². The van der Waals surface area contributed by atoms with Crippen LogP contribution in [0.25, 0.3) is 0 Å². The number of benzene rings is 1. The van der Waals surface area contributed by atoms with Crippen LogP contribution in [0.4, 0.5) is 23.7 Å². The minimum absolute atomic E-state index is 0.0395. The molecule has 1 aliphatic carbocycles. The van der Waals surface area contributed by atoms with Gasteiger partial charge in [0, 0.05) is 30.2 Å². The molecule has 1 unspecified atom stereocenters. The standard InChI is InChI=1S/C23H21F3N4O3/c1-14-19(21(32)28-10-3-11-31)20(16-8-6-15(13-27)7-9-16)29-22(33)30(14)18-5-2-4-17(12-18)23(24,25)26/h2,4-8,11-12,16,20H,3,9-10H2,1H3,(H,28,32)(H,29,33)/t16?,20-/m1/s1. The molecule has 33 heavy (non-hydrogen) atoms. The molecule has 10 heteroatoms. The molecule has 1 heterocycles. The summed E-state index contributed by atoms with van der Waals surface area (Å²) in [6.07, 6.45) is 1.51. The van der Waals surface area contributed by atoms with E-state index >= 15 is 0 Å². The maximum absolute atomic E-state index is 13.2. The third kappa shape index (κ3) is 5.14. The van der Waals surface area contributed by atoms with Crippen molar-refractivity contribution in [3.8, 4) is 6.07 Å². The van der Waals surface area contributed by atoms with Crippen LogP contribution >= 0.6 is 0 Å². The van der Waals surface area contributed by atoms with Crippen LogP contribution in [0.2, 0.25) is 0 Å². The van der Waals surface area contributed by atoms with Gasteiger partial charge in [-0.15, -0.1) is 0 Å². The molecule has 3 rings (SSSR count). The van der Waals surface area contributed by atoms with Crippen molar-refractivity contribution in [2.24, 2.45) is 5.92 Å². The second-order valence-electron chi connectivity index (χ2n) is 7.55. The molecule has 2 aliphatic rings. The highest BCUT2D eigenvalue weighted by Gasteiger charge is 2.39. The fourth-order valence-electron chi connectivity index (χ4n) is 3.83. The van der Waals surface area contributed by atoms with Crippen molar-refractivity contribution in [3.05, 3.63) is 64.9 Å². The van der Waals surface area contributed by atoms with Gasteiger partial charge in [-0.25, -0.2) is 4.79 Å². The fraction of sp³-hybridized carbons (Fsp3) is 0.304. The van der Waals surface area contributed by atoms with Crippen molar-refractivity contribution in [1.29, 1.82) is 5.26 Å². The van der Waals surface area contributed by atoms with Gasteiger partial charge in [0.05, 0.1) is 28.9 Å². The van der Waals surface area contributed by atoms with Crippen LogP contribution in [0.5, 0.6) is 0 Å². The normalized spacial score (nSPS) is 20.6. The number of carbonyl (C=O) groups is 3. The lowest BCUT2D eigenvalue weighted by Crippen LogP contribution is -2.55. The monoisotopic (exact) mass is 458 g/mol. The number of rotatable bonds is 6. The molecule has 1 aromatic carbocycles. The molecular formula is C23H21F3N4O3. The van der Waals surface area contributed by atoms with E-state index in [1.54, 1.807) is 18.2 Å². The zero-order valence-corrected chi connectivity index (χ0v) is 17.6. The van der Waals surface area contributed by atoms with Crippen LogP contribution in [-0.4, -0.2) is 30.8 Å². The number of hydrogen-bond donors (Lipinski definition) is 2. The lowest BCUT2D eigenvalue weighted by atomic mass is 9.84. The van der Waals surface area contributed by atoms with Gasteiger partial charge in [0.15, 0.2) is 0 Å². The summed E-state index contributed by atoms with van der Waals surface area (Å²) in [4.78, 5) is 37.7. The Morgan fingerprint density at radius 2 is 2.15 bits per heavy atom. The highest BCUT2D eigenvalue weighted by molar-refractivity contribution is 6.04. The van der Waals surface area contributed by atoms with Gasteiger partial charge in [-0.3, -0.25) is 9.69 Å². The van der Waals surface area contributed by atoms with Crippen molar-refractivity contribution in [3.63, 3.8) is 0 Å². The van der Waals surface area contributed by atoms with Crippen molar-refractivity contribution in [2.45, 2.75) is 32.0 Å². The first-order valence-electron chi connectivity index (χ1n) is 10.2. The summed E-state index contributed by atoms with van der Waals surface area (Å²) in [5.41, 5.74) is -0.167. The molecule has 2 atom stereocenters. The molecule has 0 fully saturated rings. The van der Waals surface area contributed by atoms with E-state index in [1.807, 2.05) is 6.07 Å². The van der Waals surface area contributed by atoms with E-state index in [4.69, 9.17) is 5.26 Å². The van der Waals surface area contributed by atoms with E-state index < -0.39 is 29.7 Å². The first-order valence-corrected chi connectivity index (χ1v) is 10.2. The van der Waals surface area contributed by atoms with E-state index in [1.165, 1.54) is 19.1 Å².